The number of halogens is 1. The molecular weight excluding hydrogens is 292 g/mol. The second kappa shape index (κ2) is 6.04. The molecule has 0 bridgehead atoms. The van der Waals surface area contributed by atoms with E-state index in [4.69, 9.17) is 0 Å². The van der Waals surface area contributed by atoms with Crippen LogP contribution < -0.4 is 4.90 Å². The monoisotopic (exact) mass is 312 g/mol. The maximum atomic E-state index is 9.59. The first-order valence-corrected chi connectivity index (χ1v) is 7.28. The van der Waals surface area contributed by atoms with Gasteiger partial charge in [0.2, 0.25) is 0 Å². The minimum absolute atomic E-state index is 0.411. The van der Waals surface area contributed by atoms with Gasteiger partial charge in [0.05, 0.1) is 11.8 Å². The summed E-state index contributed by atoms with van der Waals surface area (Å²) in [6.07, 6.45) is 0.784. The van der Waals surface area contributed by atoms with Crippen LogP contribution in [0.4, 0.5) is 5.69 Å². The first-order valence-electron chi connectivity index (χ1n) is 6.49. The minimum Gasteiger partial charge on any atom is -0.389 e. The van der Waals surface area contributed by atoms with Crippen LogP contribution >= 0.6 is 15.9 Å². The number of aliphatic hydroxyl groups excluding tert-OH is 1. The van der Waals surface area contributed by atoms with Crippen LogP contribution in [0, 0.1) is 0 Å². The molecule has 1 saturated heterocycles. The van der Waals surface area contributed by atoms with Crippen LogP contribution in [0.15, 0.2) is 22.7 Å². The van der Waals surface area contributed by atoms with Crippen molar-refractivity contribution in [1.82, 2.24) is 4.90 Å². The van der Waals surface area contributed by atoms with Gasteiger partial charge in [-0.1, -0.05) is 6.07 Å². The molecule has 100 valence electrons. The lowest BCUT2D eigenvalue weighted by atomic mass is 10.1. The fraction of sp³-hybridized carbons (Fsp3) is 0.571. The first-order chi connectivity index (χ1) is 8.58. The molecule has 1 N–H and O–H groups in total. The molecule has 1 aliphatic rings. The van der Waals surface area contributed by atoms with Gasteiger partial charge in [-0.15, -0.1) is 0 Å². The normalized spacial score (nSPS) is 19.7. The highest BCUT2D eigenvalue weighted by atomic mass is 79.9. The summed E-state index contributed by atoms with van der Waals surface area (Å²) in [5, 5.41) is 9.59. The van der Waals surface area contributed by atoms with Gasteiger partial charge in [-0.25, -0.2) is 0 Å². The number of hydrogen-bond acceptors (Lipinski definition) is 3. The fourth-order valence-corrected chi connectivity index (χ4v) is 2.97. The van der Waals surface area contributed by atoms with Gasteiger partial charge in [0.15, 0.2) is 0 Å². The molecule has 3 nitrogen and oxygen atoms in total. The van der Waals surface area contributed by atoms with Gasteiger partial charge >= 0.3 is 0 Å². The smallest absolute Gasteiger partial charge is 0.0762 e. The van der Waals surface area contributed by atoms with Gasteiger partial charge in [-0.2, -0.15) is 0 Å². The topological polar surface area (TPSA) is 26.7 Å². The van der Waals surface area contributed by atoms with Gasteiger partial charge in [0.25, 0.3) is 0 Å². The van der Waals surface area contributed by atoms with Gasteiger partial charge in [0.1, 0.15) is 0 Å². The molecule has 0 aliphatic carbocycles. The van der Waals surface area contributed by atoms with E-state index in [1.54, 1.807) is 6.92 Å². The van der Waals surface area contributed by atoms with Crippen molar-refractivity contribution in [3.05, 3.63) is 28.2 Å². The Morgan fingerprint density at radius 1 is 1.22 bits per heavy atom. The molecule has 1 aliphatic heterocycles. The summed E-state index contributed by atoms with van der Waals surface area (Å²) in [5.41, 5.74) is 2.19. The predicted molar refractivity (Wildman–Crippen MR) is 79.1 cm³/mol. The van der Waals surface area contributed by atoms with Gasteiger partial charge < -0.3 is 14.9 Å². The van der Waals surface area contributed by atoms with E-state index in [1.807, 2.05) is 12.1 Å². The summed E-state index contributed by atoms with van der Waals surface area (Å²) in [6, 6.07) is 6.14. The zero-order chi connectivity index (χ0) is 13.1. The molecule has 0 radical (unpaired) electrons. The van der Waals surface area contributed by atoms with E-state index in [0.717, 1.165) is 29.7 Å². The third-order valence-corrected chi connectivity index (χ3v) is 4.15. The Balaban J connectivity index is 2.17. The molecule has 1 atom stereocenters. The molecule has 18 heavy (non-hydrogen) atoms. The van der Waals surface area contributed by atoms with E-state index in [9.17, 15) is 5.11 Å². The molecule has 4 heteroatoms. The zero-order valence-electron chi connectivity index (χ0n) is 11.1. The molecular formula is C14H21BrN2O. The third-order valence-electron chi connectivity index (χ3n) is 3.51. The van der Waals surface area contributed by atoms with E-state index in [2.05, 4.69) is 38.8 Å². The fourth-order valence-electron chi connectivity index (χ4n) is 2.33. The van der Waals surface area contributed by atoms with Crippen LogP contribution in [-0.2, 0) is 0 Å². The second-order valence-corrected chi connectivity index (χ2v) is 5.89. The van der Waals surface area contributed by atoms with Gasteiger partial charge in [-0.05, 0) is 60.6 Å². The van der Waals surface area contributed by atoms with Crippen molar-refractivity contribution in [1.29, 1.82) is 0 Å². The Kier molecular flexibility index (Phi) is 4.65. The molecule has 1 aromatic rings. The number of anilines is 1. The molecule has 1 fully saturated rings. The number of aliphatic hydroxyl groups is 1. The lowest BCUT2D eigenvalue weighted by Crippen LogP contribution is -2.28. The zero-order valence-corrected chi connectivity index (χ0v) is 12.7. The summed E-state index contributed by atoms with van der Waals surface area (Å²) in [7, 11) is 2.18. The van der Waals surface area contributed by atoms with Crippen LogP contribution in [0.25, 0.3) is 0 Å². The maximum absolute atomic E-state index is 9.59. The Morgan fingerprint density at radius 2 is 2.00 bits per heavy atom. The molecule has 0 unspecified atom stereocenters. The Bertz CT molecular complexity index is 409. The second-order valence-electron chi connectivity index (χ2n) is 5.03. The van der Waals surface area contributed by atoms with Crippen molar-refractivity contribution < 1.29 is 5.11 Å². The number of benzene rings is 1. The molecule has 0 amide bonds. The highest BCUT2D eigenvalue weighted by Gasteiger charge is 2.15. The highest BCUT2D eigenvalue weighted by Crippen LogP contribution is 2.30. The standard InChI is InChI=1S/C14H21BrN2O/c1-11(18)12-4-5-14(13(15)10-12)17-7-3-6-16(2)8-9-17/h4-5,10-11,18H,3,6-9H2,1-2H3/t11-/m1/s1. The SMILES string of the molecule is C[C@@H](O)c1ccc(N2CCCN(C)CC2)c(Br)c1. The number of rotatable bonds is 2. The van der Waals surface area contributed by atoms with E-state index in [1.165, 1.54) is 18.7 Å². The maximum Gasteiger partial charge on any atom is 0.0762 e. The summed E-state index contributed by atoms with van der Waals surface area (Å²) in [4.78, 5) is 4.79. The third kappa shape index (κ3) is 3.25. The van der Waals surface area contributed by atoms with Crippen LogP contribution in [-0.4, -0.2) is 43.2 Å². The van der Waals surface area contributed by atoms with E-state index >= 15 is 0 Å². The molecule has 2 rings (SSSR count). The Hall–Kier alpha value is -0.580. The van der Waals surface area contributed by atoms with Crippen molar-refractivity contribution in [2.75, 3.05) is 38.1 Å². The quantitative estimate of drug-likeness (QED) is 0.909. The highest BCUT2D eigenvalue weighted by molar-refractivity contribution is 9.10. The van der Waals surface area contributed by atoms with Crippen molar-refractivity contribution in [3.8, 4) is 0 Å². The molecule has 0 saturated carbocycles. The number of nitrogens with zero attached hydrogens (tertiary/aromatic N) is 2. The van der Waals surface area contributed by atoms with Crippen molar-refractivity contribution >= 4 is 21.6 Å². The molecule has 1 heterocycles. The van der Waals surface area contributed by atoms with Crippen LogP contribution in [0.2, 0.25) is 0 Å². The van der Waals surface area contributed by atoms with Crippen molar-refractivity contribution in [2.45, 2.75) is 19.4 Å². The largest absolute Gasteiger partial charge is 0.389 e. The van der Waals surface area contributed by atoms with E-state index in [-0.39, 0.29) is 0 Å². The predicted octanol–water partition coefficient (Wildman–Crippen LogP) is 2.64. The Labute approximate surface area is 118 Å². The summed E-state index contributed by atoms with van der Waals surface area (Å²) >= 11 is 3.63. The van der Waals surface area contributed by atoms with Gasteiger partial charge in [0, 0.05) is 24.1 Å². The van der Waals surface area contributed by atoms with Crippen LogP contribution in [0.1, 0.15) is 25.0 Å². The summed E-state index contributed by atoms with van der Waals surface area (Å²) < 4.78 is 1.07. The lowest BCUT2D eigenvalue weighted by Gasteiger charge is -2.24. The summed E-state index contributed by atoms with van der Waals surface area (Å²) in [5.74, 6) is 0. The lowest BCUT2D eigenvalue weighted by molar-refractivity contribution is 0.199. The average molecular weight is 313 g/mol. The Morgan fingerprint density at radius 3 is 2.67 bits per heavy atom. The number of hydrogen-bond donors (Lipinski definition) is 1. The average Bonchev–Trinajstić information content (AvgIpc) is 2.54. The minimum atomic E-state index is -0.411. The van der Waals surface area contributed by atoms with Crippen LogP contribution in [0.3, 0.4) is 0 Å². The first kappa shape index (κ1) is 13.8. The molecule has 0 aromatic heterocycles. The van der Waals surface area contributed by atoms with Gasteiger partial charge in [-0.3, -0.25) is 0 Å². The van der Waals surface area contributed by atoms with Crippen molar-refractivity contribution in [2.24, 2.45) is 0 Å². The van der Waals surface area contributed by atoms with Crippen molar-refractivity contribution in [3.63, 3.8) is 0 Å². The summed E-state index contributed by atoms with van der Waals surface area (Å²) in [6.45, 7) is 6.22. The molecule has 0 spiro atoms. The van der Waals surface area contributed by atoms with E-state index in [0.29, 0.717) is 0 Å². The number of likely N-dealkylation sites (N-methyl/N-ethyl adjacent to an activating group) is 1. The van der Waals surface area contributed by atoms with Crippen LogP contribution in [0.5, 0.6) is 0 Å². The van der Waals surface area contributed by atoms with E-state index < -0.39 is 6.10 Å². The molecule has 1 aromatic carbocycles.